The van der Waals surface area contributed by atoms with Gasteiger partial charge in [-0.25, -0.2) is 0 Å². The van der Waals surface area contributed by atoms with Crippen molar-refractivity contribution in [2.24, 2.45) is 0 Å². The van der Waals surface area contributed by atoms with E-state index < -0.39 is 0 Å². The summed E-state index contributed by atoms with van der Waals surface area (Å²) in [6.45, 7) is 5.99. The zero-order valence-corrected chi connectivity index (χ0v) is 14.4. The third-order valence-electron chi connectivity index (χ3n) is 3.88. The summed E-state index contributed by atoms with van der Waals surface area (Å²) < 4.78 is 0. The SMILES string of the molecule is CCCC(C)NC(=O)c1ccc(C)c(NC(=O)c2ccccc2)c1. The van der Waals surface area contributed by atoms with Crippen LogP contribution in [0.1, 0.15) is 53.0 Å². The lowest BCUT2D eigenvalue weighted by atomic mass is 10.1. The van der Waals surface area contributed by atoms with Crippen molar-refractivity contribution in [3.63, 3.8) is 0 Å². The maximum absolute atomic E-state index is 12.3. The smallest absolute Gasteiger partial charge is 0.255 e. The quantitative estimate of drug-likeness (QED) is 0.838. The summed E-state index contributed by atoms with van der Waals surface area (Å²) in [5.74, 6) is -0.304. The third-order valence-corrected chi connectivity index (χ3v) is 3.88. The van der Waals surface area contributed by atoms with Crippen LogP contribution < -0.4 is 10.6 Å². The van der Waals surface area contributed by atoms with Gasteiger partial charge in [0, 0.05) is 22.9 Å². The number of hydrogen-bond acceptors (Lipinski definition) is 2. The number of nitrogens with one attached hydrogen (secondary N) is 2. The minimum Gasteiger partial charge on any atom is -0.350 e. The fourth-order valence-electron chi connectivity index (χ4n) is 2.49. The van der Waals surface area contributed by atoms with Gasteiger partial charge in [0.15, 0.2) is 0 Å². The van der Waals surface area contributed by atoms with Crippen LogP contribution in [0.15, 0.2) is 48.5 Å². The summed E-state index contributed by atoms with van der Waals surface area (Å²) in [5.41, 5.74) is 2.70. The fraction of sp³-hybridized carbons (Fsp3) is 0.300. The van der Waals surface area contributed by atoms with Crippen molar-refractivity contribution in [1.82, 2.24) is 5.32 Å². The van der Waals surface area contributed by atoms with E-state index >= 15 is 0 Å². The molecule has 2 N–H and O–H groups in total. The second-order valence-electron chi connectivity index (χ2n) is 6.01. The molecule has 2 aromatic rings. The molecule has 2 aromatic carbocycles. The van der Waals surface area contributed by atoms with Gasteiger partial charge in [-0.05, 0) is 50.1 Å². The van der Waals surface area contributed by atoms with Gasteiger partial charge in [-0.2, -0.15) is 0 Å². The summed E-state index contributed by atoms with van der Waals surface area (Å²) in [4.78, 5) is 24.6. The van der Waals surface area contributed by atoms with Gasteiger partial charge in [0.25, 0.3) is 11.8 Å². The molecule has 0 aromatic heterocycles. The van der Waals surface area contributed by atoms with E-state index in [0.717, 1.165) is 18.4 Å². The molecule has 4 heteroatoms. The van der Waals surface area contributed by atoms with E-state index in [-0.39, 0.29) is 17.9 Å². The van der Waals surface area contributed by atoms with E-state index in [1.54, 1.807) is 24.3 Å². The number of carbonyl (C=O) groups is 2. The molecule has 0 aliphatic carbocycles. The number of benzene rings is 2. The lowest BCUT2D eigenvalue weighted by molar-refractivity contribution is 0.0937. The van der Waals surface area contributed by atoms with Crippen molar-refractivity contribution in [1.29, 1.82) is 0 Å². The molecule has 0 spiro atoms. The molecule has 0 saturated heterocycles. The average molecular weight is 324 g/mol. The van der Waals surface area contributed by atoms with E-state index in [2.05, 4.69) is 17.6 Å². The molecule has 0 aliphatic heterocycles. The van der Waals surface area contributed by atoms with E-state index in [0.29, 0.717) is 16.8 Å². The van der Waals surface area contributed by atoms with Gasteiger partial charge >= 0.3 is 0 Å². The van der Waals surface area contributed by atoms with Gasteiger partial charge in [-0.3, -0.25) is 9.59 Å². The highest BCUT2D eigenvalue weighted by Crippen LogP contribution is 2.18. The Balaban J connectivity index is 2.14. The molecular weight excluding hydrogens is 300 g/mol. The lowest BCUT2D eigenvalue weighted by Crippen LogP contribution is -2.32. The second kappa shape index (κ2) is 8.29. The Bertz CT molecular complexity index is 711. The Kier molecular flexibility index (Phi) is 6.13. The Morgan fingerprint density at radius 3 is 2.38 bits per heavy atom. The van der Waals surface area contributed by atoms with Crippen molar-refractivity contribution >= 4 is 17.5 Å². The number of amides is 2. The van der Waals surface area contributed by atoms with Crippen LogP contribution in [-0.2, 0) is 0 Å². The predicted octanol–water partition coefficient (Wildman–Crippen LogP) is 4.17. The van der Waals surface area contributed by atoms with Crippen LogP contribution in [0.2, 0.25) is 0 Å². The molecule has 0 bridgehead atoms. The molecular formula is C20H24N2O2. The predicted molar refractivity (Wildman–Crippen MR) is 97.4 cm³/mol. The van der Waals surface area contributed by atoms with Crippen molar-refractivity contribution in [3.05, 3.63) is 65.2 Å². The van der Waals surface area contributed by atoms with Crippen LogP contribution in [0, 0.1) is 6.92 Å². The summed E-state index contributed by atoms with van der Waals surface area (Å²) in [6.07, 6.45) is 1.96. The van der Waals surface area contributed by atoms with E-state index in [4.69, 9.17) is 0 Å². The second-order valence-corrected chi connectivity index (χ2v) is 6.01. The fourth-order valence-corrected chi connectivity index (χ4v) is 2.49. The molecule has 126 valence electrons. The molecule has 0 radical (unpaired) electrons. The van der Waals surface area contributed by atoms with Gasteiger partial charge < -0.3 is 10.6 Å². The highest BCUT2D eigenvalue weighted by Gasteiger charge is 2.13. The Morgan fingerprint density at radius 1 is 1.00 bits per heavy atom. The van der Waals surface area contributed by atoms with Crippen LogP contribution in [0.25, 0.3) is 0 Å². The maximum Gasteiger partial charge on any atom is 0.255 e. The lowest BCUT2D eigenvalue weighted by Gasteiger charge is -2.14. The minimum atomic E-state index is -0.185. The largest absolute Gasteiger partial charge is 0.350 e. The number of rotatable bonds is 6. The maximum atomic E-state index is 12.3. The molecule has 1 unspecified atom stereocenters. The van der Waals surface area contributed by atoms with Crippen molar-refractivity contribution < 1.29 is 9.59 Å². The van der Waals surface area contributed by atoms with Crippen molar-refractivity contribution in [3.8, 4) is 0 Å². The number of anilines is 1. The van der Waals surface area contributed by atoms with Gasteiger partial charge in [0.1, 0.15) is 0 Å². The first-order valence-electron chi connectivity index (χ1n) is 8.29. The zero-order chi connectivity index (χ0) is 17.5. The molecule has 24 heavy (non-hydrogen) atoms. The molecule has 1 atom stereocenters. The minimum absolute atomic E-state index is 0.119. The van der Waals surface area contributed by atoms with Gasteiger partial charge in [-0.15, -0.1) is 0 Å². The molecule has 4 nitrogen and oxygen atoms in total. The Hall–Kier alpha value is -2.62. The highest BCUT2D eigenvalue weighted by atomic mass is 16.2. The average Bonchev–Trinajstić information content (AvgIpc) is 2.57. The van der Waals surface area contributed by atoms with Gasteiger partial charge in [0.05, 0.1) is 0 Å². The molecule has 0 fully saturated rings. The summed E-state index contributed by atoms with van der Waals surface area (Å²) in [7, 11) is 0. The van der Waals surface area contributed by atoms with Crippen LogP contribution in [-0.4, -0.2) is 17.9 Å². The number of aryl methyl sites for hydroxylation is 1. The van der Waals surface area contributed by atoms with Crippen LogP contribution in [0.4, 0.5) is 5.69 Å². The summed E-state index contributed by atoms with van der Waals surface area (Å²) in [5, 5.41) is 5.86. The van der Waals surface area contributed by atoms with Crippen molar-refractivity contribution in [2.45, 2.75) is 39.7 Å². The Morgan fingerprint density at radius 2 is 1.71 bits per heavy atom. The van der Waals surface area contributed by atoms with Crippen LogP contribution in [0.3, 0.4) is 0 Å². The zero-order valence-electron chi connectivity index (χ0n) is 14.4. The van der Waals surface area contributed by atoms with Crippen LogP contribution >= 0.6 is 0 Å². The number of hydrogen-bond donors (Lipinski definition) is 2. The first-order valence-corrected chi connectivity index (χ1v) is 8.29. The van der Waals surface area contributed by atoms with E-state index in [1.807, 2.05) is 38.1 Å². The topological polar surface area (TPSA) is 58.2 Å². The molecule has 2 rings (SSSR count). The van der Waals surface area contributed by atoms with Gasteiger partial charge in [-0.1, -0.05) is 37.6 Å². The number of carbonyl (C=O) groups excluding carboxylic acids is 2. The van der Waals surface area contributed by atoms with Crippen LogP contribution in [0.5, 0.6) is 0 Å². The standard InChI is InChI=1S/C20H24N2O2/c1-4-8-15(3)21-20(24)17-12-11-14(2)18(13-17)22-19(23)16-9-6-5-7-10-16/h5-7,9-13,15H,4,8H2,1-3H3,(H,21,24)(H,22,23). The van der Waals surface area contributed by atoms with E-state index in [1.165, 1.54) is 0 Å². The summed E-state index contributed by atoms with van der Waals surface area (Å²) >= 11 is 0. The normalized spacial score (nSPS) is 11.6. The first kappa shape index (κ1) is 17.7. The highest BCUT2D eigenvalue weighted by molar-refractivity contribution is 6.05. The molecule has 0 heterocycles. The Labute approximate surface area is 143 Å². The summed E-state index contributed by atoms with van der Waals surface area (Å²) in [6, 6.07) is 14.5. The first-order chi connectivity index (χ1) is 11.5. The monoisotopic (exact) mass is 324 g/mol. The van der Waals surface area contributed by atoms with E-state index in [9.17, 15) is 9.59 Å². The molecule has 0 saturated carbocycles. The van der Waals surface area contributed by atoms with Crippen molar-refractivity contribution in [2.75, 3.05) is 5.32 Å². The third kappa shape index (κ3) is 4.69. The molecule has 0 aliphatic rings. The van der Waals surface area contributed by atoms with Gasteiger partial charge in [0.2, 0.25) is 0 Å². The molecule has 2 amide bonds.